The summed E-state index contributed by atoms with van der Waals surface area (Å²) in [7, 11) is 0. The Morgan fingerprint density at radius 2 is 2.15 bits per heavy atom. The number of benzene rings is 1. The maximum Gasteiger partial charge on any atom is 0.408 e. The number of nitriles is 1. The molecular weight excluding hydrogens is 272 g/mol. The molecule has 0 aliphatic rings. The molecule has 0 fully saturated rings. The second-order valence-corrected chi connectivity index (χ2v) is 6.47. The molecule has 4 nitrogen and oxygen atoms in total. The number of amides is 1. The van der Waals surface area contributed by atoms with Crippen LogP contribution in [0.15, 0.2) is 23.6 Å². The van der Waals surface area contributed by atoms with Crippen LogP contribution in [0.1, 0.15) is 31.9 Å². The van der Waals surface area contributed by atoms with E-state index in [-0.39, 0.29) is 0 Å². The zero-order valence-corrected chi connectivity index (χ0v) is 12.5. The molecule has 0 radical (unpaired) electrons. The Labute approximate surface area is 121 Å². The first-order valence-corrected chi connectivity index (χ1v) is 7.12. The smallest absolute Gasteiger partial charge is 0.408 e. The lowest BCUT2D eigenvalue weighted by molar-refractivity contribution is 0.0959. The third-order valence-electron chi connectivity index (χ3n) is 3.17. The summed E-state index contributed by atoms with van der Waals surface area (Å²) in [6.45, 7) is 5.94. The second-order valence-electron chi connectivity index (χ2n) is 5.59. The van der Waals surface area contributed by atoms with Gasteiger partial charge in [0.2, 0.25) is 0 Å². The third-order valence-corrected chi connectivity index (χ3v) is 4.24. The summed E-state index contributed by atoms with van der Waals surface area (Å²) < 4.78 is 0.986. The van der Waals surface area contributed by atoms with Gasteiger partial charge in [-0.3, -0.25) is 4.90 Å². The van der Waals surface area contributed by atoms with Crippen LogP contribution in [0.4, 0.5) is 4.79 Å². The molecule has 1 aromatic carbocycles. The van der Waals surface area contributed by atoms with E-state index in [2.05, 4.69) is 6.07 Å². The number of hydrogen-bond donors (Lipinski definition) is 1. The summed E-state index contributed by atoms with van der Waals surface area (Å²) in [6.07, 6.45) is -0.938. The third kappa shape index (κ3) is 2.61. The molecular formula is C15H16N2O2S. The highest BCUT2D eigenvalue weighted by atomic mass is 32.1. The fraction of sp³-hybridized carbons (Fsp3) is 0.333. The lowest BCUT2D eigenvalue weighted by Crippen LogP contribution is -2.44. The van der Waals surface area contributed by atoms with Crippen molar-refractivity contribution in [3.05, 3.63) is 34.7 Å². The molecule has 0 unspecified atom stereocenters. The van der Waals surface area contributed by atoms with Crippen LogP contribution in [0, 0.1) is 11.3 Å². The van der Waals surface area contributed by atoms with Gasteiger partial charge in [0.1, 0.15) is 6.07 Å². The largest absolute Gasteiger partial charge is 0.465 e. The Kier molecular flexibility index (Phi) is 3.69. The fourth-order valence-electron chi connectivity index (χ4n) is 2.09. The number of carbonyl (C=O) groups is 1. The molecule has 5 heteroatoms. The summed E-state index contributed by atoms with van der Waals surface area (Å²) >= 11 is 1.49. The molecule has 104 valence electrons. The zero-order chi connectivity index (χ0) is 14.9. The van der Waals surface area contributed by atoms with Crippen LogP contribution in [-0.2, 0) is 6.54 Å². The Balaban J connectivity index is 2.46. The minimum atomic E-state index is -0.938. The first-order chi connectivity index (χ1) is 9.34. The number of thiophene rings is 1. The second kappa shape index (κ2) is 5.14. The Morgan fingerprint density at radius 3 is 2.70 bits per heavy atom. The number of carboxylic acid groups (broad SMARTS) is 1. The number of nitrogens with zero attached hydrogens (tertiary/aromatic N) is 2. The van der Waals surface area contributed by atoms with Crippen molar-refractivity contribution in [1.82, 2.24) is 4.90 Å². The van der Waals surface area contributed by atoms with Crippen LogP contribution in [0.3, 0.4) is 0 Å². The molecule has 0 bridgehead atoms. The van der Waals surface area contributed by atoms with Crippen LogP contribution >= 0.6 is 11.3 Å². The fourth-order valence-corrected chi connectivity index (χ4v) is 3.09. The molecule has 2 aromatic rings. The highest BCUT2D eigenvalue weighted by Crippen LogP contribution is 2.30. The summed E-state index contributed by atoms with van der Waals surface area (Å²) in [5.41, 5.74) is 1.11. The standard InChI is InChI=1S/C15H16N2O2S/c1-15(2,3)17(14(18)19)8-10-5-4-6-12-11(7-16)9-20-13(10)12/h4-6,9H,8H2,1-3H3,(H,18,19). The molecule has 0 atom stereocenters. The zero-order valence-electron chi connectivity index (χ0n) is 11.7. The average Bonchev–Trinajstić information content (AvgIpc) is 2.77. The van der Waals surface area contributed by atoms with E-state index in [9.17, 15) is 9.90 Å². The molecule has 1 N–H and O–H groups in total. The molecule has 2 rings (SSSR count). The van der Waals surface area contributed by atoms with Crippen molar-refractivity contribution in [3.63, 3.8) is 0 Å². The van der Waals surface area contributed by atoms with E-state index in [1.54, 1.807) is 0 Å². The molecule has 1 heterocycles. The average molecular weight is 288 g/mol. The molecule has 0 saturated heterocycles. The maximum atomic E-state index is 11.4. The lowest BCUT2D eigenvalue weighted by Gasteiger charge is -2.33. The van der Waals surface area contributed by atoms with E-state index in [1.807, 2.05) is 44.4 Å². The van der Waals surface area contributed by atoms with Crippen molar-refractivity contribution in [2.75, 3.05) is 0 Å². The normalized spacial score (nSPS) is 11.3. The molecule has 0 aliphatic carbocycles. The molecule has 1 amide bonds. The van der Waals surface area contributed by atoms with Crippen LogP contribution in [0.5, 0.6) is 0 Å². The summed E-state index contributed by atoms with van der Waals surface area (Å²) in [5.74, 6) is 0. The van der Waals surface area contributed by atoms with Gasteiger partial charge < -0.3 is 5.11 Å². The highest BCUT2D eigenvalue weighted by molar-refractivity contribution is 7.17. The number of rotatable bonds is 2. The van der Waals surface area contributed by atoms with Crippen molar-refractivity contribution in [3.8, 4) is 6.07 Å². The topological polar surface area (TPSA) is 64.3 Å². The first-order valence-electron chi connectivity index (χ1n) is 6.24. The van der Waals surface area contributed by atoms with Crippen LogP contribution in [0.2, 0.25) is 0 Å². The van der Waals surface area contributed by atoms with Gasteiger partial charge in [0.05, 0.1) is 12.1 Å². The van der Waals surface area contributed by atoms with E-state index in [0.717, 1.165) is 15.6 Å². The van der Waals surface area contributed by atoms with Gasteiger partial charge in [-0.25, -0.2) is 4.79 Å². The monoisotopic (exact) mass is 288 g/mol. The van der Waals surface area contributed by atoms with Gasteiger partial charge in [-0.15, -0.1) is 11.3 Å². The van der Waals surface area contributed by atoms with Crippen LogP contribution in [0.25, 0.3) is 10.1 Å². The first kappa shape index (κ1) is 14.4. The molecule has 0 spiro atoms. The predicted molar refractivity (Wildman–Crippen MR) is 79.9 cm³/mol. The summed E-state index contributed by atoms with van der Waals surface area (Å²) in [6, 6.07) is 7.85. The predicted octanol–water partition coefficient (Wildman–Crippen LogP) is 4.05. The summed E-state index contributed by atoms with van der Waals surface area (Å²) in [5, 5.41) is 21.2. The molecule has 20 heavy (non-hydrogen) atoms. The van der Waals surface area contributed by atoms with E-state index in [4.69, 9.17) is 5.26 Å². The van der Waals surface area contributed by atoms with Crippen molar-refractivity contribution in [2.45, 2.75) is 32.9 Å². The van der Waals surface area contributed by atoms with Gasteiger partial charge in [0, 0.05) is 21.0 Å². The van der Waals surface area contributed by atoms with Crippen molar-refractivity contribution in [2.24, 2.45) is 0 Å². The van der Waals surface area contributed by atoms with Gasteiger partial charge in [-0.1, -0.05) is 18.2 Å². The van der Waals surface area contributed by atoms with Gasteiger partial charge in [0.15, 0.2) is 0 Å². The molecule has 0 aliphatic heterocycles. The minimum Gasteiger partial charge on any atom is -0.465 e. The van der Waals surface area contributed by atoms with E-state index < -0.39 is 11.6 Å². The summed E-state index contributed by atoms with van der Waals surface area (Å²) in [4.78, 5) is 12.8. The Hall–Kier alpha value is -2.06. The lowest BCUT2D eigenvalue weighted by atomic mass is 10.0. The van der Waals surface area contributed by atoms with Gasteiger partial charge in [-0.2, -0.15) is 5.26 Å². The van der Waals surface area contributed by atoms with Crippen LogP contribution < -0.4 is 0 Å². The van der Waals surface area contributed by atoms with Crippen LogP contribution in [-0.4, -0.2) is 21.6 Å². The van der Waals surface area contributed by atoms with Gasteiger partial charge >= 0.3 is 6.09 Å². The number of hydrogen-bond acceptors (Lipinski definition) is 3. The van der Waals surface area contributed by atoms with E-state index >= 15 is 0 Å². The number of fused-ring (bicyclic) bond motifs is 1. The highest BCUT2D eigenvalue weighted by Gasteiger charge is 2.26. The van der Waals surface area contributed by atoms with Crippen molar-refractivity contribution in [1.29, 1.82) is 5.26 Å². The SMILES string of the molecule is CC(C)(C)N(Cc1cccc2c(C#N)csc12)C(=O)O. The van der Waals surface area contributed by atoms with Gasteiger partial charge in [-0.05, 0) is 26.3 Å². The minimum absolute atomic E-state index is 0.321. The van der Waals surface area contributed by atoms with E-state index in [0.29, 0.717) is 12.1 Å². The Bertz CT molecular complexity index is 692. The van der Waals surface area contributed by atoms with Gasteiger partial charge in [0.25, 0.3) is 0 Å². The van der Waals surface area contributed by atoms with Crippen molar-refractivity contribution < 1.29 is 9.90 Å². The van der Waals surface area contributed by atoms with E-state index in [1.165, 1.54) is 16.2 Å². The molecule has 1 aromatic heterocycles. The quantitative estimate of drug-likeness (QED) is 0.906. The molecule has 0 saturated carbocycles. The van der Waals surface area contributed by atoms with Crippen molar-refractivity contribution >= 4 is 27.5 Å². The maximum absolute atomic E-state index is 11.4. The Morgan fingerprint density at radius 1 is 1.45 bits per heavy atom.